The van der Waals surface area contributed by atoms with E-state index in [2.05, 4.69) is 27.7 Å². The van der Waals surface area contributed by atoms with Crippen LogP contribution in [0.5, 0.6) is 0 Å². The molecule has 0 aromatic carbocycles. The lowest BCUT2D eigenvalue weighted by Gasteiger charge is -2.41. The molecule has 2 heterocycles. The summed E-state index contributed by atoms with van der Waals surface area (Å²) in [4.78, 5) is 0. The molecule has 6 nitrogen and oxygen atoms in total. The van der Waals surface area contributed by atoms with Gasteiger partial charge in [0.05, 0.1) is 45.1 Å². The Morgan fingerprint density at radius 3 is 1.24 bits per heavy atom. The summed E-state index contributed by atoms with van der Waals surface area (Å²) >= 11 is 0. The molecule has 0 bridgehead atoms. The van der Waals surface area contributed by atoms with Crippen molar-refractivity contribution in [2.75, 3.05) is 39.6 Å². The first kappa shape index (κ1) is 29.8. The molecule has 0 unspecified atom stereocenters. The van der Waals surface area contributed by atoms with E-state index in [4.69, 9.17) is 27.1 Å². The summed E-state index contributed by atoms with van der Waals surface area (Å²) in [6.07, 6.45) is 15.2. The van der Waals surface area contributed by atoms with Gasteiger partial charge in [-0.3, -0.25) is 0 Å². The molecule has 0 N–H and O–H groups in total. The lowest BCUT2D eigenvalue weighted by atomic mass is 9.93. The van der Waals surface area contributed by atoms with Gasteiger partial charge in [0.25, 0.3) is 0 Å². The molecule has 0 aromatic heterocycles. The minimum Gasteiger partial charge on any atom is -0.312 e. The third-order valence-electron chi connectivity index (χ3n) is 6.15. The lowest BCUT2D eigenvalue weighted by molar-refractivity contribution is -0.0761. The second kappa shape index (κ2) is 18.0. The van der Waals surface area contributed by atoms with E-state index in [1.165, 1.54) is 64.2 Å². The van der Waals surface area contributed by atoms with E-state index in [0.29, 0.717) is 39.6 Å². The van der Waals surface area contributed by atoms with E-state index in [9.17, 15) is 0 Å². The molecule has 0 amide bonds. The van der Waals surface area contributed by atoms with E-state index in [1.54, 1.807) is 0 Å². The molecule has 0 saturated carbocycles. The quantitative estimate of drug-likeness (QED) is 0.137. The summed E-state index contributed by atoms with van der Waals surface area (Å²) in [6.45, 7) is 12.9. The molecule has 0 radical (unpaired) electrons. The average molecular weight is 509 g/mol. The number of unbranched alkanes of at least 4 members (excludes halogenated alkanes) is 8. The maximum absolute atomic E-state index is 5.86. The van der Waals surface area contributed by atoms with Gasteiger partial charge in [-0.15, -0.1) is 0 Å². The Hall–Kier alpha value is 0.620. The van der Waals surface area contributed by atoms with Crippen LogP contribution in [0.3, 0.4) is 0 Å². The Kier molecular flexibility index (Phi) is 16.2. The molecular weight excluding hydrogens is 458 g/mol. The van der Waals surface area contributed by atoms with Gasteiger partial charge >= 0.3 is 17.2 Å². The predicted octanol–water partition coefficient (Wildman–Crippen LogP) is 8.55. The minimum atomic E-state index is -1.23. The van der Waals surface area contributed by atoms with Crippen molar-refractivity contribution in [3.8, 4) is 0 Å². The predicted molar refractivity (Wildman–Crippen MR) is 137 cm³/mol. The molecular formula is C25H50O6P2. The highest BCUT2D eigenvalue weighted by Crippen LogP contribution is 2.53. The topological polar surface area (TPSA) is 55.4 Å². The molecule has 196 valence electrons. The van der Waals surface area contributed by atoms with Gasteiger partial charge in [0.15, 0.2) is 0 Å². The van der Waals surface area contributed by atoms with Gasteiger partial charge in [-0.2, -0.15) is 0 Å². The smallest absolute Gasteiger partial charge is 0.312 e. The Morgan fingerprint density at radius 2 is 0.879 bits per heavy atom. The zero-order chi connectivity index (χ0) is 23.8. The number of rotatable bonds is 18. The first-order valence-electron chi connectivity index (χ1n) is 13.4. The molecule has 1 spiro atoms. The Labute approximate surface area is 206 Å². The van der Waals surface area contributed by atoms with Crippen LogP contribution < -0.4 is 0 Å². The Balaban J connectivity index is 1.42. The van der Waals surface area contributed by atoms with Crippen LogP contribution in [0, 0.1) is 17.3 Å². The Morgan fingerprint density at radius 1 is 0.545 bits per heavy atom. The van der Waals surface area contributed by atoms with E-state index in [1.807, 2.05) is 0 Å². The van der Waals surface area contributed by atoms with E-state index < -0.39 is 17.2 Å². The largest absolute Gasteiger partial charge is 0.332 e. The van der Waals surface area contributed by atoms with E-state index in [-0.39, 0.29) is 5.41 Å². The van der Waals surface area contributed by atoms with E-state index in [0.717, 1.165) is 24.7 Å². The van der Waals surface area contributed by atoms with Crippen molar-refractivity contribution < 1.29 is 27.1 Å². The fraction of sp³-hybridized carbons (Fsp3) is 1.00. The normalized spacial score (nSPS) is 26.0. The first-order valence-corrected chi connectivity index (χ1v) is 15.6. The molecule has 2 aliphatic rings. The third kappa shape index (κ3) is 14.1. The van der Waals surface area contributed by atoms with Crippen LogP contribution in [0.4, 0.5) is 0 Å². The zero-order valence-corrected chi connectivity index (χ0v) is 23.5. The molecule has 2 fully saturated rings. The summed E-state index contributed by atoms with van der Waals surface area (Å²) in [7, 11) is -2.46. The van der Waals surface area contributed by atoms with Crippen molar-refractivity contribution in [1.29, 1.82) is 0 Å². The van der Waals surface area contributed by atoms with Crippen molar-refractivity contribution in [2.45, 2.75) is 105 Å². The van der Waals surface area contributed by atoms with Crippen LogP contribution in [0.15, 0.2) is 0 Å². The van der Waals surface area contributed by atoms with Crippen LogP contribution in [-0.4, -0.2) is 39.6 Å². The van der Waals surface area contributed by atoms with Gasteiger partial charge in [0.1, 0.15) is 0 Å². The zero-order valence-electron chi connectivity index (χ0n) is 21.7. The van der Waals surface area contributed by atoms with Crippen molar-refractivity contribution in [1.82, 2.24) is 0 Å². The van der Waals surface area contributed by atoms with Crippen LogP contribution >= 0.6 is 17.2 Å². The molecule has 0 atom stereocenters. The van der Waals surface area contributed by atoms with E-state index >= 15 is 0 Å². The van der Waals surface area contributed by atoms with Crippen LogP contribution in [0.1, 0.15) is 105 Å². The highest BCUT2D eigenvalue weighted by atomic mass is 31.2. The van der Waals surface area contributed by atoms with Crippen LogP contribution in [0.2, 0.25) is 0 Å². The number of hydrogen-bond donors (Lipinski definition) is 0. The summed E-state index contributed by atoms with van der Waals surface area (Å²) in [6, 6.07) is 0. The average Bonchev–Trinajstić information content (AvgIpc) is 2.79. The van der Waals surface area contributed by atoms with Gasteiger partial charge in [0, 0.05) is 0 Å². The lowest BCUT2D eigenvalue weighted by Crippen LogP contribution is -2.44. The first-order chi connectivity index (χ1) is 16.0. The summed E-state index contributed by atoms with van der Waals surface area (Å²) in [5.74, 6) is 1.64. The van der Waals surface area contributed by atoms with Gasteiger partial charge in [0.2, 0.25) is 0 Å². The van der Waals surface area contributed by atoms with Crippen molar-refractivity contribution in [3.63, 3.8) is 0 Å². The second-order valence-electron chi connectivity index (χ2n) is 10.6. The molecule has 0 aliphatic carbocycles. The third-order valence-corrected chi connectivity index (χ3v) is 8.30. The summed E-state index contributed by atoms with van der Waals surface area (Å²) in [5.41, 5.74) is -0.225. The molecule has 33 heavy (non-hydrogen) atoms. The SMILES string of the molecule is CC(C)CCCCCCCOP1OCC2(CO1)COP(OCCCCCCCC(C)C)OC2. The molecule has 2 aliphatic heterocycles. The van der Waals surface area contributed by atoms with Crippen molar-refractivity contribution >= 4 is 17.2 Å². The van der Waals surface area contributed by atoms with Crippen LogP contribution in [-0.2, 0) is 27.1 Å². The van der Waals surface area contributed by atoms with Gasteiger partial charge in [-0.25, -0.2) is 0 Å². The molecule has 8 heteroatoms. The highest BCUT2D eigenvalue weighted by Gasteiger charge is 2.43. The van der Waals surface area contributed by atoms with Gasteiger partial charge in [-0.1, -0.05) is 91.9 Å². The van der Waals surface area contributed by atoms with Crippen molar-refractivity contribution in [3.05, 3.63) is 0 Å². The fourth-order valence-electron chi connectivity index (χ4n) is 3.88. The Bertz CT molecular complexity index is 418. The monoisotopic (exact) mass is 508 g/mol. The maximum atomic E-state index is 5.86. The minimum absolute atomic E-state index is 0.225. The molecule has 2 saturated heterocycles. The molecule has 0 aromatic rings. The second-order valence-corrected chi connectivity index (χ2v) is 13.1. The summed E-state index contributed by atoms with van der Waals surface area (Å²) in [5, 5.41) is 0. The number of hydrogen-bond acceptors (Lipinski definition) is 6. The maximum Gasteiger partial charge on any atom is 0.332 e. The van der Waals surface area contributed by atoms with Crippen LogP contribution in [0.25, 0.3) is 0 Å². The summed E-state index contributed by atoms with van der Waals surface area (Å²) < 4.78 is 35.1. The van der Waals surface area contributed by atoms with Crippen molar-refractivity contribution in [2.24, 2.45) is 17.3 Å². The fourth-order valence-corrected chi connectivity index (χ4v) is 6.40. The van der Waals surface area contributed by atoms with Gasteiger partial charge < -0.3 is 27.1 Å². The van der Waals surface area contributed by atoms with Gasteiger partial charge in [-0.05, 0) is 24.7 Å². The highest BCUT2D eigenvalue weighted by molar-refractivity contribution is 7.42. The standard InChI is InChI=1S/C25H50O6P2/c1-23(2)15-11-7-5-9-13-17-26-32-28-19-25(20-29-32)21-30-33(31-22-25)27-18-14-10-6-8-12-16-24(3)4/h23-24H,5-22H2,1-4H3. The molecule has 2 rings (SSSR count).